The highest BCUT2D eigenvalue weighted by atomic mass is 16.5. The molecule has 0 saturated heterocycles. The van der Waals surface area contributed by atoms with Crippen molar-refractivity contribution in [2.24, 2.45) is 5.92 Å². The van der Waals surface area contributed by atoms with E-state index in [0.29, 0.717) is 6.61 Å². The summed E-state index contributed by atoms with van der Waals surface area (Å²) in [5.41, 5.74) is 0. The molecule has 2 heteroatoms. The normalized spacial score (nSPS) is 11.8. The van der Waals surface area contributed by atoms with Crippen LogP contribution in [0.1, 0.15) is 26.2 Å². The summed E-state index contributed by atoms with van der Waals surface area (Å²) in [5.74, 6) is -0.0767. The minimum Gasteiger partial charge on any atom is -0.462 e. The first-order valence-corrected chi connectivity index (χ1v) is 4.66. The molecule has 13 heavy (non-hydrogen) atoms. The van der Waals surface area contributed by atoms with Gasteiger partial charge in [0.05, 0.1) is 6.61 Å². The van der Waals surface area contributed by atoms with Crippen molar-refractivity contribution in [1.82, 2.24) is 0 Å². The van der Waals surface area contributed by atoms with Crippen molar-refractivity contribution in [3.63, 3.8) is 0 Å². The van der Waals surface area contributed by atoms with E-state index in [1.807, 2.05) is 6.08 Å². The number of rotatable bonds is 7. The summed E-state index contributed by atoms with van der Waals surface area (Å²) >= 11 is 0. The van der Waals surface area contributed by atoms with Crippen molar-refractivity contribution in [3.05, 3.63) is 25.3 Å². The molecule has 2 nitrogen and oxygen atoms in total. The van der Waals surface area contributed by atoms with E-state index in [0.717, 1.165) is 19.3 Å². The van der Waals surface area contributed by atoms with Crippen molar-refractivity contribution in [2.75, 3.05) is 6.61 Å². The summed E-state index contributed by atoms with van der Waals surface area (Å²) in [6.45, 7) is 9.59. The predicted molar refractivity (Wildman–Crippen MR) is 54.4 cm³/mol. The third-order valence-corrected chi connectivity index (χ3v) is 1.87. The van der Waals surface area contributed by atoms with E-state index in [1.165, 1.54) is 6.08 Å². The van der Waals surface area contributed by atoms with Crippen LogP contribution in [0.4, 0.5) is 0 Å². The molecule has 0 rings (SSSR count). The molecule has 0 aliphatic rings. The minimum atomic E-state index is -0.358. The Labute approximate surface area is 80.3 Å². The van der Waals surface area contributed by atoms with Crippen molar-refractivity contribution < 1.29 is 9.53 Å². The summed E-state index contributed by atoms with van der Waals surface area (Å²) in [5, 5.41) is 0. The van der Waals surface area contributed by atoms with Gasteiger partial charge in [0.25, 0.3) is 0 Å². The molecule has 0 radical (unpaired) electrons. The summed E-state index contributed by atoms with van der Waals surface area (Å²) in [6.07, 6.45) is 6.35. The van der Waals surface area contributed by atoms with Gasteiger partial charge < -0.3 is 4.74 Å². The molecule has 0 N–H and O–H groups in total. The molecule has 1 unspecified atom stereocenters. The van der Waals surface area contributed by atoms with Crippen LogP contribution in [0, 0.1) is 5.92 Å². The maximum atomic E-state index is 10.7. The quantitative estimate of drug-likeness (QED) is 0.344. The number of ether oxygens (including phenoxy) is 1. The first kappa shape index (κ1) is 11.9. The first-order valence-electron chi connectivity index (χ1n) is 4.66. The van der Waals surface area contributed by atoms with Gasteiger partial charge in [-0.3, -0.25) is 0 Å². The standard InChI is InChI=1S/C11H18O2/c1-4-7-8-10(5-2)9-13-11(12)6-3/h5-6,10H,2-4,7-9H2,1H3. The van der Waals surface area contributed by atoms with Crippen LogP contribution in [0.3, 0.4) is 0 Å². The third kappa shape index (κ3) is 6.14. The molecule has 0 amide bonds. The lowest BCUT2D eigenvalue weighted by Crippen LogP contribution is -2.10. The molecule has 0 aromatic carbocycles. The Morgan fingerprint density at radius 3 is 2.69 bits per heavy atom. The number of carbonyl (C=O) groups excluding carboxylic acids is 1. The zero-order valence-electron chi connectivity index (χ0n) is 8.29. The average molecular weight is 182 g/mol. The molecule has 0 fully saturated rings. The van der Waals surface area contributed by atoms with Gasteiger partial charge in [0, 0.05) is 12.0 Å². The van der Waals surface area contributed by atoms with Crippen LogP contribution in [-0.4, -0.2) is 12.6 Å². The van der Waals surface area contributed by atoms with Crippen LogP contribution in [0.25, 0.3) is 0 Å². The first-order chi connectivity index (χ1) is 6.24. The lowest BCUT2D eigenvalue weighted by Gasteiger charge is -2.10. The molecular formula is C11H18O2. The molecule has 0 bridgehead atoms. The van der Waals surface area contributed by atoms with E-state index in [1.54, 1.807) is 0 Å². The molecule has 74 valence electrons. The predicted octanol–water partition coefficient (Wildman–Crippen LogP) is 2.71. The summed E-state index contributed by atoms with van der Waals surface area (Å²) in [4.78, 5) is 10.7. The lowest BCUT2D eigenvalue weighted by molar-refractivity contribution is -0.138. The number of hydrogen-bond acceptors (Lipinski definition) is 2. The molecule has 0 aliphatic carbocycles. The number of unbranched alkanes of at least 4 members (excludes halogenated alkanes) is 1. The maximum Gasteiger partial charge on any atom is 0.330 e. The van der Waals surface area contributed by atoms with E-state index < -0.39 is 0 Å². The highest BCUT2D eigenvalue weighted by Gasteiger charge is 2.05. The zero-order valence-corrected chi connectivity index (χ0v) is 8.29. The number of carbonyl (C=O) groups is 1. The Morgan fingerprint density at radius 2 is 2.23 bits per heavy atom. The molecule has 0 saturated carbocycles. The van der Waals surface area contributed by atoms with Gasteiger partial charge in [-0.15, -0.1) is 6.58 Å². The van der Waals surface area contributed by atoms with Gasteiger partial charge in [0.15, 0.2) is 0 Å². The van der Waals surface area contributed by atoms with Gasteiger partial charge in [-0.2, -0.15) is 0 Å². The molecule has 0 heterocycles. The van der Waals surface area contributed by atoms with Gasteiger partial charge in [0.1, 0.15) is 0 Å². The van der Waals surface area contributed by atoms with Gasteiger partial charge in [-0.25, -0.2) is 4.79 Å². The zero-order chi connectivity index (χ0) is 10.1. The fourth-order valence-electron chi connectivity index (χ4n) is 0.984. The van der Waals surface area contributed by atoms with Crippen LogP contribution in [-0.2, 0) is 9.53 Å². The van der Waals surface area contributed by atoms with E-state index >= 15 is 0 Å². The van der Waals surface area contributed by atoms with Gasteiger partial charge in [-0.1, -0.05) is 32.4 Å². The average Bonchev–Trinajstić information content (AvgIpc) is 2.17. The monoisotopic (exact) mass is 182 g/mol. The Hall–Kier alpha value is -1.05. The van der Waals surface area contributed by atoms with Crippen LogP contribution < -0.4 is 0 Å². The maximum absolute atomic E-state index is 10.7. The molecule has 0 aromatic heterocycles. The van der Waals surface area contributed by atoms with E-state index in [4.69, 9.17) is 4.74 Å². The SMILES string of the molecule is C=CC(=O)OCC(C=C)CCCC. The van der Waals surface area contributed by atoms with Crippen LogP contribution >= 0.6 is 0 Å². The summed E-state index contributed by atoms with van der Waals surface area (Å²) in [7, 11) is 0. The Balaban J connectivity index is 3.64. The number of esters is 1. The van der Waals surface area contributed by atoms with Gasteiger partial charge in [0.2, 0.25) is 0 Å². The van der Waals surface area contributed by atoms with Crippen molar-refractivity contribution >= 4 is 5.97 Å². The second kappa shape index (κ2) is 7.59. The molecule has 0 aliphatic heterocycles. The number of hydrogen-bond donors (Lipinski definition) is 0. The van der Waals surface area contributed by atoms with Crippen molar-refractivity contribution in [3.8, 4) is 0 Å². The molecule has 0 spiro atoms. The fourth-order valence-corrected chi connectivity index (χ4v) is 0.984. The highest BCUT2D eigenvalue weighted by Crippen LogP contribution is 2.09. The Kier molecular flexibility index (Phi) is 6.98. The van der Waals surface area contributed by atoms with Crippen LogP contribution in [0.2, 0.25) is 0 Å². The topological polar surface area (TPSA) is 26.3 Å². The van der Waals surface area contributed by atoms with E-state index in [9.17, 15) is 4.79 Å². The van der Waals surface area contributed by atoms with Crippen LogP contribution in [0.15, 0.2) is 25.3 Å². The molecular weight excluding hydrogens is 164 g/mol. The van der Waals surface area contributed by atoms with Gasteiger partial charge in [-0.05, 0) is 6.42 Å². The molecule has 0 aromatic rings. The van der Waals surface area contributed by atoms with E-state index in [2.05, 4.69) is 20.1 Å². The second-order valence-corrected chi connectivity index (χ2v) is 2.97. The van der Waals surface area contributed by atoms with Gasteiger partial charge >= 0.3 is 5.97 Å². The van der Waals surface area contributed by atoms with Crippen molar-refractivity contribution in [2.45, 2.75) is 26.2 Å². The Bertz CT molecular complexity index is 173. The lowest BCUT2D eigenvalue weighted by atomic mass is 10.0. The van der Waals surface area contributed by atoms with Crippen LogP contribution in [0.5, 0.6) is 0 Å². The summed E-state index contributed by atoms with van der Waals surface area (Å²) < 4.78 is 4.91. The summed E-state index contributed by atoms with van der Waals surface area (Å²) in [6, 6.07) is 0. The fraction of sp³-hybridized carbons (Fsp3) is 0.545. The van der Waals surface area contributed by atoms with Crippen molar-refractivity contribution in [1.29, 1.82) is 0 Å². The largest absolute Gasteiger partial charge is 0.462 e. The van der Waals surface area contributed by atoms with E-state index in [-0.39, 0.29) is 11.9 Å². The molecule has 1 atom stereocenters. The third-order valence-electron chi connectivity index (χ3n) is 1.87. The highest BCUT2D eigenvalue weighted by molar-refractivity contribution is 5.81. The minimum absolute atomic E-state index is 0.281. The smallest absolute Gasteiger partial charge is 0.330 e. The second-order valence-electron chi connectivity index (χ2n) is 2.97. The Morgan fingerprint density at radius 1 is 1.54 bits per heavy atom.